The van der Waals surface area contributed by atoms with E-state index in [1.165, 1.54) is 37.8 Å². The van der Waals surface area contributed by atoms with Crippen molar-refractivity contribution in [3.8, 4) is 11.4 Å². The van der Waals surface area contributed by atoms with Gasteiger partial charge in [0.15, 0.2) is 0 Å². The van der Waals surface area contributed by atoms with Gasteiger partial charge in [0.1, 0.15) is 12.4 Å². The molecule has 0 unspecified atom stereocenters. The lowest BCUT2D eigenvalue weighted by Crippen LogP contribution is -2.11. The summed E-state index contributed by atoms with van der Waals surface area (Å²) < 4.78 is 13.1. The van der Waals surface area contributed by atoms with Crippen LogP contribution >= 0.6 is 0 Å². The molecule has 1 aliphatic carbocycles. The molecule has 1 saturated carbocycles. The second-order valence-corrected chi connectivity index (χ2v) is 8.56. The summed E-state index contributed by atoms with van der Waals surface area (Å²) in [5.74, 6) is 1.00. The minimum Gasteiger partial charge on any atom is -0.489 e. The van der Waals surface area contributed by atoms with Crippen molar-refractivity contribution in [3.63, 3.8) is 0 Å². The van der Waals surface area contributed by atoms with Gasteiger partial charge in [-0.05, 0) is 68.7 Å². The van der Waals surface area contributed by atoms with Gasteiger partial charge in [-0.25, -0.2) is 9.48 Å². The molecule has 5 nitrogen and oxygen atoms in total. The minimum absolute atomic E-state index is 0.300. The standard InChI is InChI=1S/C28H32N2O3/c1-3-32-28(31)21(2)18-24-19-27(23-12-8-5-9-13-23)30(29-24)25-14-16-26(17-15-25)33-20-22-10-6-4-7-11-22/h4,6-7,10-11,14-19,23H,3,5,8-9,12-13,20H2,1-2H3/b21-18+. The summed E-state index contributed by atoms with van der Waals surface area (Å²) in [5.41, 5.74) is 4.68. The third-order valence-corrected chi connectivity index (χ3v) is 6.07. The Morgan fingerprint density at radius 3 is 2.48 bits per heavy atom. The zero-order chi connectivity index (χ0) is 23.0. The Hall–Kier alpha value is -3.34. The molecular formula is C28H32N2O3. The van der Waals surface area contributed by atoms with Crippen molar-refractivity contribution in [1.29, 1.82) is 0 Å². The molecule has 1 heterocycles. The largest absolute Gasteiger partial charge is 0.489 e. The maximum absolute atomic E-state index is 12.1. The van der Waals surface area contributed by atoms with E-state index < -0.39 is 0 Å². The van der Waals surface area contributed by atoms with Gasteiger partial charge >= 0.3 is 5.97 Å². The maximum Gasteiger partial charge on any atom is 0.333 e. The van der Waals surface area contributed by atoms with Gasteiger partial charge < -0.3 is 9.47 Å². The monoisotopic (exact) mass is 444 g/mol. The van der Waals surface area contributed by atoms with E-state index in [1.54, 1.807) is 6.92 Å². The molecule has 3 aromatic rings. The van der Waals surface area contributed by atoms with Crippen molar-refractivity contribution >= 4 is 12.0 Å². The van der Waals surface area contributed by atoms with Crippen LogP contribution in [0.1, 0.15) is 68.8 Å². The first kappa shape index (κ1) is 22.8. The van der Waals surface area contributed by atoms with Crippen molar-refractivity contribution in [1.82, 2.24) is 9.78 Å². The van der Waals surface area contributed by atoms with E-state index in [0.29, 0.717) is 24.7 Å². The number of nitrogens with zero attached hydrogens (tertiary/aromatic N) is 2. The molecule has 33 heavy (non-hydrogen) atoms. The Morgan fingerprint density at radius 1 is 1.06 bits per heavy atom. The minimum atomic E-state index is -0.300. The van der Waals surface area contributed by atoms with Gasteiger partial charge in [0.2, 0.25) is 0 Å². The number of hydrogen-bond acceptors (Lipinski definition) is 4. The summed E-state index contributed by atoms with van der Waals surface area (Å²) in [7, 11) is 0. The molecule has 0 atom stereocenters. The van der Waals surface area contributed by atoms with Crippen LogP contribution in [-0.2, 0) is 16.1 Å². The first-order chi connectivity index (χ1) is 16.1. The fourth-order valence-electron chi connectivity index (χ4n) is 4.33. The van der Waals surface area contributed by atoms with Gasteiger partial charge in [0, 0.05) is 17.2 Å². The number of aromatic nitrogens is 2. The second kappa shape index (κ2) is 11.0. The highest BCUT2D eigenvalue weighted by Gasteiger charge is 2.21. The molecular weight excluding hydrogens is 412 g/mol. The molecule has 1 fully saturated rings. The Morgan fingerprint density at radius 2 is 1.79 bits per heavy atom. The molecule has 0 N–H and O–H groups in total. The highest BCUT2D eigenvalue weighted by Crippen LogP contribution is 2.34. The number of esters is 1. The first-order valence-electron chi connectivity index (χ1n) is 11.9. The van der Waals surface area contributed by atoms with E-state index in [2.05, 4.69) is 18.2 Å². The van der Waals surface area contributed by atoms with Gasteiger partial charge in [0.25, 0.3) is 0 Å². The summed E-state index contributed by atoms with van der Waals surface area (Å²) >= 11 is 0. The Labute approximate surface area is 196 Å². The molecule has 0 bridgehead atoms. The van der Waals surface area contributed by atoms with Crippen LogP contribution in [0, 0.1) is 0 Å². The van der Waals surface area contributed by atoms with E-state index in [4.69, 9.17) is 14.6 Å². The van der Waals surface area contributed by atoms with Crippen molar-refractivity contribution < 1.29 is 14.3 Å². The third-order valence-electron chi connectivity index (χ3n) is 6.07. The lowest BCUT2D eigenvalue weighted by atomic mass is 9.86. The number of carbonyl (C=O) groups is 1. The number of ether oxygens (including phenoxy) is 2. The van der Waals surface area contributed by atoms with Gasteiger partial charge in [-0.3, -0.25) is 0 Å². The second-order valence-electron chi connectivity index (χ2n) is 8.56. The molecule has 0 radical (unpaired) electrons. The Balaban J connectivity index is 1.57. The lowest BCUT2D eigenvalue weighted by Gasteiger charge is -2.22. The van der Waals surface area contributed by atoms with Crippen LogP contribution in [0.4, 0.5) is 0 Å². The van der Waals surface area contributed by atoms with E-state index in [9.17, 15) is 4.79 Å². The molecule has 0 spiro atoms. The molecule has 1 aliphatic rings. The highest BCUT2D eigenvalue weighted by molar-refractivity contribution is 5.92. The van der Waals surface area contributed by atoms with E-state index in [1.807, 2.05) is 60.1 Å². The smallest absolute Gasteiger partial charge is 0.333 e. The molecule has 5 heteroatoms. The summed E-state index contributed by atoms with van der Waals surface area (Å²) in [6.45, 7) is 4.49. The van der Waals surface area contributed by atoms with Crippen LogP contribution in [0.3, 0.4) is 0 Å². The summed E-state index contributed by atoms with van der Waals surface area (Å²) in [6.07, 6.45) is 7.95. The maximum atomic E-state index is 12.1. The topological polar surface area (TPSA) is 53.4 Å². The zero-order valence-electron chi connectivity index (χ0n) is 19.5. The third kappa shape index (κ3) is 5.92. The predicted octanol–water partition coefficient (Wildman–Crippen LogP) is 6.47. The van der Waals surface area contributed by atoms with Gasteiger partial charge in [0.05, 0.1) is 18.0 Å². The fourth-order valence-corrected chi connectivity index (χ4v) is 4.33. The van der Waals surface area contributed by atoms with Gasteiger partial charge in [-0.1, -0.05) is 49.6 Å². The van der Waals surface area contributed by atoms with E-state index in [0.717, 1.165) is 22.7 Å². The highest BCUT2D eigenvalue weighted by atomic mass is 16.5. The number of rotatable bonds is 8. The first-order valence-corrected chi connectivity index (χ1v) is 11.9. The molecule has 0 amide bonds. The van der Waals surface area contributed by atoms with Crippen LogP contribution in [0.2, 0.25) is 0 Å². The number of carbonyl (C=O) groups excluding carboxylic acids is 1. The van der Waals surface area contributed by atoms with Crippen LogP contribution in [0.5, 0.6) is 5.75 Å². The molecule has 4 rings (SSSR count). The van der Waals surface area contributed by atoms with Crippen LogP contribution < -0.4 is 4.74 Å². The van der Waals surface area contributed by atoms with Crippen LogP contribution in [-0.4, -0.2) is 22.4 Å². The van der Waals surface area contributed by atoms with Crippen LogP contribution in [0.15, 0.2) is 66.2 Å². The fraction of sp³-hybridized carbons (Fsp3) is 0.357. The molecule has 0 saturated heterocycles. The van der Waals surface area contributed by atoms with Crippen molar-refractivity contribution in [2.24, 2.45) is 0 Å². The van der Waals surface area contributed by atoms with Crippen molar-refractivity contribution in [2.45, 2.75) is 58.5 Å². The normalized spacial score (nSPS) is 14.8. The average molecular weight is 445 g/mol. The Bertz CT molecular complexity index is 1080. The predicted molar refractivity (Wildman–Crippen MR) is 130 cm³/mol. The van der Waals surface area contributed by atoms with E-state index in [-0.39, 0.29) is 5.97 Å². The summed E-state index contributed by atoms with van der Waals surface area (Å²) in [5, 5.41) is 4.85. The molecule has 172 valence electrons. The SMILES string of the molecule is CCOC(=O)/C(C)=C/c1cc(C2CCCCC2)n(-c2ccc(OCc3ccccc3)cc2)n1. The van der Waals surface area contributed by atoms with E-state index >= 15 is 0 Å². The average Bonchev–Trinajstić information content (AvgIpc) is 3.28. The quantitative estimate of drug-likeness (QED) is 0.295. The molecule has 1 aromatic heterocycles. The zero-order valence-corrected chi connectivity index (χ0v) is 19.5. The lowest BCUT2D eigenvalue weighted by molar-refractivity contribution is -0.138. The van der Waals surface area contributed by atoms with Gasteiger partial charge in [-0.15, -0.1) is 0 Å². The van der Waals surface area contributed by atoms with Crippen molar-refractivity contribution in [3.05, 3.63) is 83.2 Å². The van der Waals surface area contributed by atoms with Crippen molar-refractivity contribution in [2.75, 3.05) is 6.61 Å². The number of benzene rings is 2. The summed E-state index contributed by atoms with van der Waals surface area (Å²) in [4.78, 5) is 12.1. The molecule has 0 aliphatic heterocycles. The Kier molecular flexibility index (Phi) is 7.61. The summed E-state index contributed by atoms with van der Waals surface area (Å²) in [6, 6.07) is 20.3. The van der Waals surface area contributed by atoms with Gasteiger partial charge in [-0.2, -0.15) is 5.10 Å². The number of hydrogen-bond donors (Lipinski definition) is 0. The molecule has 2 aromatic carbocycles. The van der Waals surface area contributed by atoms with Crippen LogP contribution in [0.25, 0.3) is 11.8 Å².